The summed E-state index contributed by atoms with van der Waals surface area (Å²) in [5.74, 6) is 0.575. The second-order valence-corrected chi connectivity index (χ2v) is 5.61. The lowest BCUT2D eigenvalue weighted by atomic mass is 9.96. The molecule has 0 spiro atoms. The fourth-order valence-corrected chi connectivity index (χ4v) is 2.97. The van der Waals surface area contributed by atoms with Crippen molar-refractivity contribution < 1.29 is 0 Å². The molecule has 0 bridgehead atoms. The Morgan fingerprint density at radius 3 is 2.75 bits per heavy atom. The molecule has 0 aliphatic heterocycles. The molecule has 2 rings (SSSR count). The molecule has 1 nitrogen and oxygen atoms in total. The van der Waals surface area contributed by atoms with E-state index < -0.39 is 0 Å². The van der Waals surface area contributed by atoms with Gasteiger partial charge in [0.2, 0.25) is 0 Å². The number of rotatable bonds is 2. The molecule has 0 amide bonds. The Hall–Kier alpha value is -0.410. The van der Waals surface area contributed by atoms with E-state index in [0.29, 0.717) is 5.92 Å². The summed E-state index contributed by atoms with van der Waals surface area (Å²) < 4.78 is 2.07. The topological polar surface area (TPSA) is 12.9 Å². The van der Waals surface area contributed by atoms with Crippen LogP contribution >= 0.6 is 31.9 Å². The van der Waals surface area contributed by atoms with E-state index in [9.17, 15) is 0 Å². The van der Waals surface area contributed by atoms with Crippen molar-refractivity contribution in [1.82, 2.24) is 4.98 Å². The summed E-state index contributed by atoms with van der Waals surface area (Å²) in [5, 5.41) is 2.39. The zero-order chi connectivity index (χ0) is 11.7. The molecule has 0 fully saturated rings. The van der Waals surface area contributed by atoms with Crippen molar-refractivity contribution in [3.8, 4) is 0 Å². The fraction of sp³-hybridized carbons (Fsp3) is 0.308. The second kappa shape index (κ2) is 4.84. The van der Waals surface area contributed by atoms with E-state index in [2.05, 4.69) is 68.9 Å². The molecule has 0 aliphatic carbocycles. The molecule has 16 heavy (non-hydrogen) atoms. The van der Waals surface area contributed by atoms with Crippen molar-refractivity contribution >= 4 is 42.6 Å². The van der Waals surface area contributed by atoms with Crippen LogP contribution in [0.1, 0.15) is 31.7 Å². The van der Waals surface area contributed by atoms with Crippen LogP contribution in [0.15, 0.2) is 33.5 Å². The Bertz CT molecular complexity index is 523. The van der Waals surface area contributed by atoms with Crippen LogP contribution in [0.4, 0.5) is 0 Å². The van der Waals surface area contributed by atoms with Crippen LogP contribution in [0.5, 0.6) is 0 Å². The third kappa shape index (κ3) is 2.16. The summed E-state index contributed by atoms with van der Waals surface area (Å²) in [5.41, 5.74) is 1.37. The highest BCUT2D eigenvalue weighted by atomic mass is 79.9. The first-order valence-corrected chi connectivity index (χ1v) is 6.95. The SMILES string of the molecule is CCC(C)c1cc2ccnc(Br)c2cc1Br. The summed E-state index contributed by atoms with van der Waals surface area (Å²) in [4.78, 5) is 4.24. The minimum absolute atomic E-state index is 0.575. The van der Waals surface area contributed by atoms with Crippen LogP contribution in [0.3, 0.4) is 0 Å². The molecule has 0 radical (unpaired) electrons. The van der Waals surface area contributed by atoms with E-state index in [0.717, 1.165) is 16.4 Å². The van der Waals surface area contributed by atoms with Gasteiger partial charge in [0.05, 0.1) is 0 Å². The molecular formula is C13H13Br2N. The van der Waals surface area contributed by atoms with E-state index in [-0.39, 0.29) is 0 Å². The van der Waals surface area contributed by atoms with Crippen molar-refractivity contribution in [2.24, 2.45) is 0 Å². The summed E-state index contributed by atoms with van der Waals surface area (Å²) in [6, 6.07) is 6.45. The molecule has 3 heteroatoms. The lowest BCUT2D eigenvalue weighted by Gasteiger charge is -2.13. The number of hydrogen-bond acceptors (Lipinski definition) is 1. The summed E-state index contributed by atoms with van der Waals surface area (Å²) in [6.07, 6.45) is 2.98. The number of halogens is 2. The van der Waals surface area contributed by atoms with Crippen molar-refractivity contribution in [1.29, 1.82) is 0 Å². The van der Waals surface area contributed by atoms with Gasteiger partial charge in [-0.15, -0.1) is 0 Å². The Labute approximate surface area is 113 Å². The maximum atomic E-state index is 4.24. The minimum atomic E-state index is 0.575. The molecule has 0 saturated carbocycles. The van der Waals surface area contributed by atoms with Gasteiger partial charge >= 0.3 is 0 Å². The standard InChI is InChI=1S/C13H13Br2N/c1-3-8(2)10-6-9-4-5-16-13(15)11(9)7-12(10)14/h4-8H,3H2,1-2H3. The summed E-state index contributed by atoms with van der Waals surface area (Å²) >= 11 is 7.12. The minimum Gasteiger partial charge on any atom is -0.249 e. The maximum Gasteiger partial charge on any atom is 0.113 e. The van der Waals surface area contributed by atoms with Crippen molar-refractivity contribution in [2.45, 2.75) is 26.2 Å². The number of hydrogen-bond donors (Lipinski definition) is 0. The zero-order valence-corrected chi connectivity index (χ0v) is 12.5. The fourth-order valence-electron chi connectivity index (χ4n) is 1.77. The van der Waals surface area contributed by atoms with Gasteiger partial charge in [-0.05, 0) is 57.4 Å². The summed E-state index contributed by atoms with van der Waals surface area (Å²) in [6.45, 7) is 4.46. The van der Waals surface area contributed by atoms with Crippen LogP contribution in [-0.4, -0.2) is 4.98 Å². The van der Waals surface area contributed by atoms with Gasteiger partial charge in [0, 0.05) is 16.1 Å². The van der Waals surface area contributed by atoms with Gasteiger partial charge in [-0.2, -0.15) is 0 Å². The van der Waals surface area contributed by atoms with Gasteiger partial charge in [-0.1, -0.05) is 29.8 Å². The van der Waals surface area contributed by atoms with E-state index >= 15 is 0 Å². The molecule has 2 aromatic rings. The highest BCUT2D eigenvalue weighted by Gasteiger charge is 2.10. The van der Waals surface area contributed by atoms with Crippen LogP contribution < -0.4 is 0 Å². The van der Waals surface area contributed by atoms with E-state index in [1.165, 1.54) is 15.4 Å². The molecule has 0 N–H and O–H groups in total. The Morgan fingerprint density at radius 1 is 1.31 bits per heavy atom. The van der Waals surface area contributed by atoms with Crippen LogP contribution in [0, 0.1) is 0 Å². The predicted molar refractivity (Wildman–Crippen MR) is 75.8 cm³/mol. The molecule has 1 unspecified atom stereocenters. The average molecular weight is 343 g/mol. The second-order valence-electron chi connectivity index (χ2n) is 4.01. The first kappa shape index (κ1) is 12.1. The lowest BCUT2D eigenvalue weighted by Crippen LogP contribution is -1.93. The Kier molecular flexibility index (Phi) is 3.65. The van der Waals surface area contributed by atoms with Crippen molar-refractivity contribution in [2.75, 3.05) is 0 Å². The quantitative estimate of drug-likeness (QED) is 0.677. The van der Waals surface area contributed by atoms with Crippen LogP contribution in [0.2, 0.25) is 0 Å². The Morgan fingerprint density at radius 2 is 2.06 bits per heavy atom. The van der Waals surface area contributed by atoms with Crippen LogP contribution in [0.25, 0.3) is 10.8 Å². The van der Waals surface area contributed by atoms with Gasteiger partial charge in [-0.25, -0.2) is 4.98 Å². The van der Waals surface area contributed by atoms with Crippen molar-refractivity contribution in [3.63, 3.8) is 0 Å². The number of fused-ring (bicyclic) bond motifs is 1. The van der Waals surface area contributed by atoms with E-state index in [4.69, 9.17) is 0 Å². The van der Waals surface area contributed by atoms with Gasteiger partial charge in [-0.3, -0.25) is 0 Å². The molecular weight excluding hydrogens is 330 g/mol. The molecule has 84 valence electrons. The first-order chi connectivity index (χ1) is 7.63. The highest BCUT2D eigenvalue weighted by Crippen LogP contribution is 2.33. The van der Waals surface area contributed by atoms with Crippen LogP contribution in [-0.2, 0) is 0 Å². The van der Waals surface area contributed by atoms with Gasteiger partial charge in [0.25, 0.3) is 0 Å². The first-order valence-electron chi connectivity index (χ1n) is 5.37. The summed E-state index contributed by atoms with van der Waals surface area (Å²) in [7, 11) is 0. The van der Waals surface area contributed by atoms with Crippen molar-refractivity contribution in [3.05, 3.63) is 39.0 Å². The largest absolute Gasteiger partial charge is 0.249 e. The van der Waals surface area contributed by atoms with Gasteiger partial charge < -0.3 is 0 Å². The molecule has 1 heterocycles. The Balaban J connectivity index is 2.67. The third-order valence-electron chi connectivity index (χ3n) is 2.98. The number of nitrogens with zero attached hydrogens (tertiary/aromatic N) is 1. The number of aromatic nitrogens is 1. The van der Waals surface area contributed by atoms with E-state index in [1.807, 2.05) is 6.20 Å². The van der Waals surface area contributed by atoms with Gasteiger partial charge in [0.15, 0.2) is 0 Å². The monoisotopic (exact) mass is 341 g/mol. The molecule has 1 aromatic carbocycles. The predicted octanol–water partition coefficient (Wildman–Crippen LogP) is 5.27. The van der Waals surface area contributed by atoms with E-state index in [1.54, 1.807) is 0 Å². The maximum absolute atomic E-state index is 4.24. The normalized spacial score (nSPS) is 13.0. The van der Waals surface area contributed by atoms with Gasteiger partial charge in [0.1, 0.15) is 4.60 Å². The number of pyridine rings is 1. The molecule has 1 atom stereocenters. The zero-order valence-electron chi connectivity index (χ0n) is 9.30. The highest BCUT2D eigenvalue weighted by molar-refractivity contribution is 9.11. The lowest BCUT2D eigenvalue weighted by molar-refractivity contribution is 0.731. The molecule has 0 saturated heterocycles. The smallest absolute Gasteiger partial charge is 0.113 e. The third-order valence-corrected chi connectivity index (χ3v) is 4.30. The average Bonchev–Trinajstić information content (AvgIpc) is 2.29. The number of benzene rings is 1. The molecule has 1 aromatic heterocycles. The molecule has 0 aliphatic rings.